The zero-order valence-corrected chi connectivity index (χ0v) is 9.72. The van der Waals surface area contributed by atoms with Gasteiger partial charge in [-0.2, -0.15) is 0 Å². The lowest BCUT2D eigenvalue weighted by Crippen LogP contribution is -2.20. The highest BCUT2D eigenvalue weighted by Crippen LogP contribution is 2.28. The Morgan fingerprint density at radius 2 is 2.07 bits per heavy atom. The Bertz CT molecular complexity index is 388. The van der Waals surface area contributed by atoms with Crippen LogP contribution >= 0.6 is 11.6 Å². The molecule has 1 aromatic rings. The Labute approximate surface area is 94.1 Å². The molecule has 0 aromatic heterocycles. The number of anilines is 1. The van der Waals surface area contributed by atoms with Crippen LogP contribution in [0.5, 0.6) is 5.75 Å². The van der Waals surface area contributed by atoms with Gasteiger partial charge in [-0.15, -0.1) is 11.6 Å². The van der Waals surface area contributed by atoms with Crippen LogP contribution in [0, 0.1) is 13.8 Å². The number of hydrogen-bond donors (Lipinski definition) is 2. The summed E-state index contributed by atoms with van der Waals surface area (Å²) in [5.74, 6) is -0.0713. The lowest BCUT2D eigenvalue weighted by atomic mass is 10.1. The van der Waals surface area contributed by atoms with E-state index in [-0.39, 0.29) is 11.7 Å². The number of alkyl halides is 1. The third kappa shape index (κ3) is 2.63. The van der Waals surface area contributed by atoms with Gasteiger partial charge >= 0.3 is 0 Å². The summed E-state index contributed by atoms with van der Waals surface area (Å²) in [6.45, 7) is 5.15. The van der Waals surface area contributed by atoms with E-state index in [1.165, 1.54) is 0 Å². The van der Waals surface area contributed by atoms with Gasteiger partial charge < -0.3 is 10.4 Å². The number of aryl methyl sites for hydroxylation is 1. The summed E-state index contributed by atoms with van der Waals surface area (Å²) >= 11 is 5.63. The molecule has 0 aliphatic carbocycles. The minimum atomic E-state index is -0.590. The molecule has 1 amide bonds. The fourth-order valence-electron chi connectivity index (χ4n) is 1.20. The molecule has 0 saturated carbocycles. The Balaban J connectivity index is 2.97. The molecule has 3 nitrogen and oxygen atoms in total. The van der Waals surface area contributed by atoms with Crippen molar-refractivity contribution in [3.8, 4) is 5.75 Å². The average molecular weight is 228 g/mol. The summed E-state index contributed by atoms with van der Waals surface area (Å²) < 4.78 is 0. The highest BCUT2D eigenvalue weighted by molar-refractivity contribution is 6.32. The maximum Gasteiger partial charge on any atom is 0.242 e. The van der Waals surface area contributed by atoms with E-state index < -0.39 is 5.38 Å². The molecule has 0 bridgehead atoms. The summed E-state index contributed by atoms with van der Waals surface area (Å²) in [5.41, 5.74) is 2.03. The second-order valence-electron chi connectivity index (χ2n) is 3.51. The molecule has 1 atom stereocenters. The van der Waals surface area contributed by atoms with E-state index in [9.17, 15) is 9.90 Å². The van der Waals surface area contributed by atoms with Crippen LogP contribution in [-0.4, -0.2) is 16.4 Å². The highest BCUT2D eigenvalue weighted by Gasteiger charge is 2.12. The quantitative estimate of drug-likeness (QED) is 0.763. The lowest BCUT2D eigenvalue weighted by Gasteiger charge is -2.11. The van der Waals surface area contributed by atoms with E-state index in [0.717, 1.165) is 5.56 Å². The van der Waals surface area contributed by atoms with Gasteiger partial charge in [0.2, 0.25) is 5.91 Å². The van der Waals surface area contributed by atoms with Gasteiger partial charge in [0.1, 0.15) is 11.1 Å². The molecule has 2 N–H and O–H groups in total. The van der Waals surface area contributed by atoms with Crippen LogP contribution in [0.4, 0.5) is 5.69 Å². The fourth-order valence-corrected chi connectivity index (χ4v) is 1.26. The van der Waals surface area contributed by atoms with Gasteiger partial charge in [-0.25, -0.2) is 0 Å². The van der Waals surface area contributed by atoms with Crippen molar-refractivity contribution in [1.29, 1.82) is 0 Å². The molecule has 0 spiro atoms. The Hall–Kier alpha value is -1.22. The minimum Gasteiger partial charge on any atom is -0.507 e. The van der Waals surface area contributed by atoms with Gasteiger partial charge in [0, 0.05) is 11.3 Å². The number of carbonyl (C=O) groups is 1. The smallest absolute Gasteiger partial charge is 0.242 e. The molecule has 15 heavy (non-hydrogen) atoms. The second kappa shape index (κ2) is 4.53. The van der Waals surface area contributed by atoms with Crippen molar-refractivity contribution in [3.05, 3.63) is 23.3 Å². The minimum absolute atomic E-state index is 0.204. The van der Waals surface area contributed by atoms with E-state index in [2.05, 4.69) is 5.32 Å². The molecular weight excluding hydrogens is 214 g/mol. The number of benzene rings is 1. The van der Waals surface area contributed by atoms with Crippen molar-refractivity contribution in [2.45, 2.75) is 26.1 Å². The van der Waals surface area contributed by atoms with Gasteiger partial charge in [0.15, 0.2) is 0 Å². The van der Waals surface area contributed by atoms with Crippen molar-refractivity contribution in [3.63, 3.8) is 0 Å². The summed E-state index contributed by atoms with van der Waals surface area (Å²) in [7, 11) is 0. The van der Waals surface area contributed by atoms with Gasteiger partial charge in [-0.1, -0.05) is 6.07 Å². The summed E-state index contributed by atoms with van der Waals surface area (Å²) in [6, 6.07) is 3.50. The number of nitrogens with one attached hydrogen (secondary N) is 1. The first-order chi connectivity index (χ1) is 6.93. The molecule has 0 saturated heterocycles. The summed E-state index contributed by atoms with van der Waals surface area (Å²) in [4.78, 5) is 11.3. The number of phenols is 1. The summed E-state index contributed by atoms with van der Waals surface area (Å²) in [5, 5.41) is 11.7. The molecular formula is C11H14ClNO2. The zero-order chi connectivity index (χ0) is 11.6. The van der Waals surface area contributed by atoms with Crippen molar-refractivity contribution in [1.82, 2.24) is 0 Å². The maximum absolute atomic E-state index is 11.3. The number of phenolic OH excluding ortho intramolecular Hbond substituents is 1. The largest absolute Gasteiger partial charge is 0.507 e. The van der Waals surface area contributed by atoms with Crippen LogP contribution in [-0.2, 0) is 4.79 Å². The SMILES string of the molecule is Cc1ccc(NC(=O)C(C)Cl)c(C)c1O. The Morgan fingerprint density at radius 3 is 2.60 bits per heavy atom. The van der Waals surface area contributed by atoms with Crippen LogP contribution in [0.15, 0.2) is 12.1 Å². The molecule has 82 valence electrons. The van der Waals surface area contributed by atoms with Crippen molar-refractivity contribution in [2.75, 3.05) is 5.32 Å². The van der Waals surface area contributed by atoms with Crippen molar-refractivity contribution >= 4 is 23.2 Å². The van der Waals surface area contributed by atoms with Crippen LogP contribution in [0.1, 0.15) is 18.1 Å². The average Bonchev–Trinajstić information content (AvgIpc) is 2.18. The molecule has 0 heterocycles. The molecule has 0 radical (unpaired) electrons. The third-order valence-corrected chi connectivity index (χ3v) is 2.45. The maximum atomic E-state index is 11.3. The monoisotopic (exact) mass is 227 g/mol. The zero-order valence-electron chi connectivity index (χ0n) is 8.97. The number of rotatable bonds is 2. The third-order valence-electron chi connectivity index (χ3n) is 2.25. The van der Waals surface area contributed by atoms with Crippen molar-refractivity contribution < 1.29 is 9.90 Å². The normalized spacial score (nSPS) is 12.3. The number of halogens is 1. The van der Waals surface area contributed by atoms with Crippen LogP contribution in [0.3, 0.4) is 0 Å². The predicted octanol–water partition coefficient (Wildman–Crippen LogP) is 2.57. The molecule has 0 aliphatic rings. The number of carbonyl (C=O) groups excluding carboxylic acids is 1. The van der Waals surface area contributed by atoms with E-state index in [1.54, 1.807) is 32.9 Å². The molecule has 0 fully saturated rings. The van der Waals surface area contributed by atoms with Gasteiger partial charge in [0.25, 0.3) is 0 Å². The summed E-state index contributed by atoms with van der Waals surface area (Å²) in [6.07, 6.45) is 0. The standard InChI is InChI=1S/C11H14ClNO2/c1-6-4-5-9(7(2)10(6)14)13-11(15)8(3)12/h4-5,8,14H,1-3H3,(H,13,15). The van der Waals surface area contributed by atoms with Crippen LogP contribution in [0.2, 0.25) is 0 Å². The number of aromatic hydroxyl groups is 1. The predicted molar refractivity (Wildman–Crippen MR) is 61.5 cm³/mol. The first-order valence-corrected chi connectivity index (χ1v) is 5.11. The van der Waals surface area contributed by atoms with Crippen LogP contribution in [0.25, 0.3) is 0 Å². The number of amides is 1. The first-order valence-electron chi connectivity index (χ1n) is 4.67. The molecule has 1 unspecified atom stereocenters. The van der Waals surface area contributed by atoms with Crippen LogP contribution < -0.4 is 5.32 Å². The van der Waals surface area contributed by atoms with E-state index >= 15 is 0 Å². The van der Waals surface area contributed by atoms with E-state index in [1.807, 2.05) is 0 Å². The van der Waals surface area contributed by atoms with E-state index in [4.69, 9.17) is 11.6 Å². The molecule has 1 aromatic carbocycles. The van der Waals surface area contributed by atoms with Crippen molar-refractivity contribution in [2.24, 2.45) is 0 Å². The fraction of sp³-hybridized carbons (Fsp3) is 0.364. The molecule has 0 aliphatic heterocycles. The number of hydrogen-bond acceptors (Lipinski definition) is 2. The Kier molecular flexibility index (Phi) is 3.58. The van der Waals surface area contributed by atoms with E-state index in [0.29, 0.717) is 11.3 Å². The Morgan fingerprint density at radius 1 is 1.47 bits per heavy atom. The molecule has 4 heteroatoms. The van der Waals surface area contributed by atoms with Gasteiger partial charge in [-0.3, -0.25) is 4.79 Å². The highest BCUT2D eigenvalue weighted by atomic mass is 35.5. The molecule has 1 rings (SSSR count). The second-order valence-corrected chi connectivity index (χ2v) is 4.16. The van der Waals surface area contributed by atoms with Gasteiger partial charge in [0.05, 0.1) is 0 Å². The topological polar surface area (TPSA) is 49.3 Å². The lowest BCUT2D eigenvalue weighted by molar-refractivity contribution is -0.115. The van der Waals surface area contributed by atoms with Gasteiger partial charge in [-0.05, 0) is 32.4 Å². The first kappa shape index (κ1) is 11.9.